The van der Waals surface area contributed by atoms with Gasteiger partial charge >= 0.3 is 0 Å². The first-order valence-corrected chi connectivity index (χ1v) is 5.09. The SMILES string of the molecule is [NH3+]C(c1ccccc1O)c1ccccc1O. The van der Waals surface area contributed by atoms with E-state index in [1.54, 1.807) is 36.4 Å². The van der Waals surface area contributed by atoms with Crippen LogP contribution in [0.5, 0.6) is 11.5 Å². The largest absolute Gasteiger partial charge is 0.507 e. The second kappa shape index (κ2) is 4.24. The van der Waals surface area contributed by atoms with Gasteiger partial charge in [-0.05, 0) is 24.3 Å². The van der Waals surface area contributed by atoms with Crippen LogP contribution in [0.2, 0.25) is 0 Å². The molecule has 0 saturated heterocycles. The van der Waals surface area contributed by atoms with Crippen LogP contribution in [-0.4, -0.2) is 10.2 Å². The number of aromatic hydroxyl groups is 2. The van der Waals surface area contributed by atoms with Crippen molar-refractivity contribution < 1.29 is 15.9 Å². The van der Waals surface area contributed by atoms with Crippen molar-refractivity contribution in [2.24, 2.45) is 0 Å². The summed E-state index contributed by atoms with van der Waals surface area (Å²) < 4.78 is 0. The van der Waals surface area contributed by atoms with Crippen LogP contribution in [0.15, 0.2) is 48.5 Å². The normalized spacial score (nSPS) is 10.6. The zero-order chi connectivity index (χ0) is 11.5. The standard InChI is InChI=1S/C13H13NO2/c14-13(9-5-1-3-7-11(9)15)10-6-2-4-8-12(10)16/h1-8,13,15-16H,14H2/p+1. The molecule has 3 nitrogen and oxygen atoms in total. The fourth-order valence-corrected chi connectivity index (χ4v) is 1.73. The minimum Gasteiger partial charge on any atom is -0.507 e. The second-order valence-corrected chi connectivity index (χ2v) is 3.67. The number of quaternary nitrogens is 1. The average molecular weight is 216 g/mol. The van der Waals surface area contributed by atoms with Crippen molar-refractivity contribution in [1.29, 1.82) is 0 Å². The third-order valence-electron chi connectivity index (χ3n) is 2.62. The summed E-state index contributed by atoms with van der Waals surface area (Å²) in [4.78, 5) is 0. The number of rotatable bonds is 2. The molecular formula is C13H14NO2+. The van der Waals surface area contributed by atoms with Gasteiger partial charge < -0.3 is 15.9 Å². The van der Waals surface area contributed by atoms with E-state index in [0.717, 1.165) is 0 Å². The summed E-state index contributed by atoms with van der Waals surface area (Å²) >= 11 is 0. The first-order chi connectivity index (χ1) is 7.70. The van der Waals surface area contributed by atoms with E-state index in [1.807, 2.05) is 12.1 Å². The molecule has 0 fully saturated rings. The van der Waals surface area contributed by atoms with Crippen LogP contribution < -0.4 is 5.73 Å². The van der Waals surface area contributed by atoms with E-state index in [4.69, 9.17) is 0 Å². The quantitative estimate of drug-likeness (QED) is 0.710. The number of phenolic OH excluding ortho intramolecular Hbond substituents is 2. The van der Waals surface area contributed by atoms with Crippen LogP contribution >= 0.6 is 0 Å². The Morgan fingerprint density at radius 3 is 1.50 bits per heavy atom. The fraction of sp³-hybridized carbons (Fsp3) is 0.0769. The highest BCUT2D eigenvalue weighted by Crippen LogP contribution is 2.30. The number of phenols is 2. The number of hydrogen-bond donors (Lipinski definition) is 3. The molecular weight excluding hydrogens is 202 g/mol. The molecule has 2 aromatic carbocycles. The smallest absolute Gasteiger partial charge is 0.143 e. The second-order valence-electron chi connectivity index (χ2n) is 3.67. The topological polar surface area (TPSA) is 68.1 Å². The van der Waals surface area contributed by atoms with Crippen LogP contribution in [0.3, 0.4) is 0 Å². The summed E-state index contributed by atoms with van der Waals surface area (Å²) in [6, 6.07) is 13.8. The minimum atomic E-state index is -0.276. The number of para-hydroxylation sites is 2. The molecule has 0 radical (unpaired) electrons. The lowest BCUT2D eigenvalue weighted by atomic mass is 9.98. The van der Waals surface area contributed by atoms with E-state index >= 15 is 0 Å². The Morgan fingerprint density at radius 1 is 0.750 bits per heavy atom. The van der Waals surface area contributed by atoms with E-state index in [1.165, 1.54) is 0 Å². The molecule has 0 bridgehead atoms. The van der Waals surface area contributed by atoms with E-state index in [9.17, 15) is 10.2 Å². The molecule has 2 aromatic rings. The average Bonchev–Trinajstić information content (AvgIpc) is 2.29. The predicted molar refractivity (Wildman–Crippen MR) is 60.9 cm³/mol. The summed E-state index contributed by atoms with van der Waals surface area (Å²) in [5.74, 6) is 0.400. The first-order valence-electron chi connectivity index (χ1n) is 5.09. The van der Waals surface area contributed by atoms with Crippen LogP contribution in [-0.2, 0) is 0 Å². The van der Waals surface area contributed by atoms with Crippen LogP contribution in [0, 0.1) is 0 Å². The van der Waals surface area contributed by atoms with Crippen molar-refractivity contribution in [3.8, 4) is 11.5 Å². The maximum atomic E-state index is 9.71. The Bertz CT molecular complexity index is 451. The molecule has 0 atom stereocenters. The lowest BCUT2D eigenvalue weighted by molar-refractivity contribution is -0.412. The summed E-state index contributed by atoms with van der Waals surface area (Å²) in [5, 5.41) is 19.4. The van der Waals surface area contributed by atoms with Crippen LogP contribution in [0.1, 0.15) is 17.2 Å². The van der Waals surface area contributed by atoms with Crippen molar-refractivity contribution in [2.45, 2.75) is 6.04 Å². The van der Waals surface area contributed by atoms with Gasteiger partial charge in [-0.25, -0.2) is 0 Å². The highest BCUT2D eigenvalue weighted by atomic mass is 16.3. The molecule has 0 saturated carbocycles. The Kier molecular flexibility index (Phi) is 2.79. The molecule has 0 heterocycles. The molecule has 0 unspecified atom stereocenters. The lowest BCUT2D eigenvalue weighted by Gasteiger charge is -2.11. The van der Waals surface area contributed by atoms with Gasteiger partial charge in [0.25, 0.3) is 0 Å². The summed E-state index contributed by atoms with van der Waals surface area (Å²) in [6.07, 6.45) is 0. The van der Waals surface area contributed by atoms with Gasteiger partial charge in [0.15, 0.2) is 0 Å². The predicted octanol–water partition coefficient (Wildman–Crippen LogP) is 1.43. The lowest BCUT2D eigenvalue weighted by Crippen LogP contribution is -2.54. The van der Waals surface area contributed by atoms with Gasteiger partial charge in [0, 0.05) is 0 Å². The van der Waals surface area contributed by atoms with E-state index in [0.29, 0.717) is 11.1 Å². The van der Waals surface area contributed by atoms with E-state index in [2.05, 4.69) is 5.73 Å². The Balaban J connectivity index is 2.44. The maximum Gasteiger partial charge on any atom is 0.143 e. The highest BCUT2D eigenvalue weighted by Gasteiger charge is 2.18. The van der Waals surface area contributed by atoms with Crippen molar-refractivity contribution in [2.75, 3.05) is 0 Å². The van der Waals surface area contributed by atoms with Gasteiger partial charge in [-0.1, -0.05) is 24.3 Å². The van der Waals surface area contributed by atoms with Crippen molar-refractivity contribution in [1.82, 2.24) is 0 Å². The van der Waals surface area contributed by atoms with Crippen LogP contribution in [0.4, 0.5) is 0 Å². The van der Waals surface area contributed by atoms with Crippen molar-refractivity contribution in [3.63, 3.8) is 0 Å². The summed E-state index contributed by atoms with van der Waals surface area (Å²) in [5.41, 5.74) is 5.40. The summed E-state index contributed by atoms with van der Waals surface area (Å²) in [7, 11) is 0. The monoisotopic (exact) mass is 216 g/mol. The molecule has 0 aliphatic carbocycles. The zero-order valence-electron chi connectivity index (χ0n) is 8.80. The molecule has 0 spiro atoms. The Labute approximate surface area is 93.8 Å². The minimum absolute atomic E-state index is 0.200. The maximum absolute atomic E-state index is 9.71. The van der Waals surface area contributed by atoms with Gasteiger partial charge in [0.05, 0.1) is 11.1 Å². The molecule has 0 aromatic heterocycles. The van der Waals surface area contributed by atoms with Crippen LogP contribution in [0.25, 0.3) is 0 Å². The van der Waals surface area contributed by atoms with Gasteiger partial charge in [-0.15, -0.1) is 0 Å². The number of benzene rings is 2. The number of hydrogen-bond acceptors (Lipinski definition) is 2. The van der Waals surface area contributed by atoms with Gasteiger partial charge in [-0.3, -0.25) is 0 Å². The van der Waals surface area contributed by atoms with E-state index < -0.39 is 0 Å². The molecule has 5 N–H and O–H groups in total. The zero-order valence-corrected chi connectivity index (χ0v) is 8.80. The van der Waals surface area contributed by atoms with Gasteiger partial charge in [-0.2, -0.15) is 0 Å². The third-order valence-corrected chi connectivity index (χ3v) is 2.62. The van der Waals surface area contributed by atoms with Gasteiger partial charge in [0.2, 0.25) is 0 Å². The van der Waals surface area contributed by atoms with Crippen molar-refractivity contribution in [3.05, 3.63) is 59.7 Å². The summed E-state index contributed by atoms with van der Waals surface area (Å²) in [6.45, 7) is 0. The molecule has 0 aliphatic rings. The van der Waals surface area contributed by atoms with Gasteiger partial charge in [0.1, 0.15) is 17.5 Å². The highest BCUT2D eigenvalue weighted by molar-refractivity contribution is 5.43. The Hall–Kier alpha value is -2.00. The third kappa shape index (κ3) is 1.85. The van der Waals surface area contributed by atoms with Crippen molar-refractivity contribution >= 4 is 0 Å². The fourth-order valence-electron chi connectivity index (χ4n) is 1.73. The first kappa shape index (κ1) is 10.5. The molecule has 82 valence electrons. The Morgan fingerprint density at radius 2 is 1.12 bits per heavy atom. The van der Waals surface area contributed by atoms with E-state index in [-0.39, 0.29) is 17.5 Å². The molecule has 0 aliphatic heterocycles. The molecule has 3 heteroatoms. The molecule has 2 rings (SSSR count). The molecule has 0 amide bonds. The molecule has 16 heavy (non-hydrogen) atoms.